The standard InChI is InChI=1S/C18H15N3OS2/c1-12-2-8-16(24-12)15-11-23-18(20-15)21-17(22)9-7-13-3-5-14(10-19)6-4-13/h2-6,8,11H,7,9H2,1H3,(H,20,21,22). The molecule has 120 valence electrons. The molecule has 0 spiro atoms. The molecule has 0 unspecified atom stereocenters. The molecule has 1 aromatic carbocycles. The molecular formula is C18H15N3OS2. The first-order chi connectivity index (χ1) is 11.6. The molecule has 1 amide bonds. The van der Waals surface area contributed by atoms with Gasteiger partial charge in [-0.1, -0.05) is 12.1 Å². The number of carbonyl (C=O) groups excluding carboxylic acids is 1. The fourth-order valence-electron chi connectivity index (χ4n) is 2.20. The number of hydrogen-bond donors (Lipinski definition) is 1. The first kappa shape index (κ1) is 16.4. The number of aryl methyl sites for hydroxylation is 2. The van der Waals surface area contributed by atoms with Crippen LogP contribution >= 0.6 is 22.7 Å². The van der Waals surface area contributed by atoms with Gasteiger partial charge in [0, 0.05) is 16.7 Å². The Labute approximate surface area is 148 Å². The molecule has 4 nitrogen and oxygen atoms in total. The fraction of sp³-hybridized carbons (Fsp3) is 0.167. The van der Waals surface area contributed by atoms with E-state index in [4.69, 9.17) is 5.26 Å². The summed E-state index contributed by atoms with van der Waals surface area (Å²) in [5, 5.41) is 14.2. The number of aromatic nitrogens is 1. The molecule has 0 aliphatic heterocycles. The monoisotopic (exact) mass is 353 g/mol. The van der Waals surface area contributed by atoms with Crippen LogP contribution in [-0.2, 0) is 11.2 Å². The van der Waals surface area contributed by atoms with Crippen LogP contribution in [0.1, 0.15) is 22.4 Å². The third-order valence-electron chi connectivity index (χ3n) is 3.47. The van der Waals surface area contributed by atoms with Crippen molar-refractivity contribution >= 4 is 33.7 Å². The smallest absolute Gasteiger partial charge is 0.226 e. The van der Waals surface area contributed by atoms with Crippen LogP contribution in [-0.4, -0.2) is 10.9 Å². The lowest BCUT2D eigenvalue weighted by atomic mass is 10.1. The number of hydrogen-bond acceptors (Lipinski definition) is 5. The van der Waals surface area contributed by atoms with Crippen LogP contribution in [0.4, 0.5) is 5.13 Å². The predicted molar refractivity (Wildman–Crippen MR) is 98.3 cm³/mol. The molecule has 0 fully saturated rings. The van der Waals surface area contributed by atoms with Crippen molar-refractivity contribution < 1.29 is 4.79 Å². The maximum Gasteiger partial charge on any atom is 0.226 e. The lowest BCUT2D eigenvalue weighted by Crippen LogP contribution is -2.12. The summed E-state index contributed by atoms with van der Waals surface area (Å²) in [6, 6.07) is 13.5. The first-order valence-corrected chi connectivity index (χ1v) is 9.15. The average molecular weight is 353 g/mol. The number of thiophene rings is 1. The topological polar surface area (TPSA) is 65.8 Å². The molecule has 0 aliphatic carbocycles. The Kier molecular flexibility index (Phi) is 5.04. The van der Waals surface area contributed by atoms with E-state index < -0.39 is 0 Å². The van der Waals surface area contributed by atoms with Crippen LogP contribution in [0.25, 0.3) is 10.6 Å². The SMILES string of the molecule is Cc1ccc(-c2csc(NC(=O)CCc3ccc(C#N)cc3)n2)s1. The van der Waals surface area contributed by atoms with Crippen molar-refractivity contribution in [3.63, 3.8) is 0 Å². The van der Waals surface area contributed by atoms with Crippen molar-refractivity contribution in [2.24, 2.45) is 0 Å². The number of amides is 1. The summed E-state index contributed by atoms with van der Waals surface area (Å²) in [5.41, 5.74) is 2.57. The summed E-state index contributed by atoms with van der Waals surface area (Å²) < 4.78 is 0. The molecule has 3 rings (SSSR count). The van der Waals surface area contributed by atoms with E-state index in [2.05, 4.69) is 29.4 Å². The van der Waals surface area contributed by atoms with Crippen molar-refractivity contribution in [3.05, 3.63) is 57.8 Å². The van der Waals surface area contributed by atoms with Crippen molar-refractivity contribution in [2.45, 2.75) is 19.8 Å². The Morgan fingerprint density at radius 3 is 2.71 bits per heavy atom. The number of nitrogens with one attached hydrogen (secondary N) is 1. The zero-order chi connectivity index (χ0) is 16.9. The number of benzene rings is 1. The summed E-state index contributed by atoms with van der Waals surface area (Å²) in [6.45, 7) is 2.06. The number of thiazole rings is 1. The molecule has 24 heavy (non-hydrogen) atoms. The van der Waals surface area contributed by atoms with Crippen LogP contribution in [0.3, 0.4) is 0 Å². The van der Waals surface area contributed by atoms with E-state index in [0.717, 1.165) is 16.1 Å². The van der Waals surface area contributed by atoms with E-state index >= 15 is 0 Å². The zero-order valence-corrected chi connectivity index (χ0v) is 14.7. The molecule has 0 saturated carbocycles. The molecule has 0 atom stereocenters. The van der Waals surface area contributed by atoms with E-state index in [1.807, 2.05) is 23.6 Å². The van der Waals surface area contributed by atoms with Gasteiger partial charge in [-0.2, -0.15) is 5.26 Å². The second-order valence-electron chi connectivity index (χ2n) is 5.31. The summed E-state index contributed by atoms with van der Waals surface area (Å²) in [5.74, 6) is -0.0531. The summed E-state index contributed by atoms with van der Waals surface area (Å²) >= 11 is 3.13. The van der Waals surface area contributed by atoms with Gasteiger partial charge in [-0.05, 0) is 43.2 Å². The minimum atomic E-state index is -0.0531. The molecule has 2 aromatic heterocycles. The average Bonchev–Trinajstić information content (AvgIpc) is 3.22. The highest BCUT2D eigenvalue weighted by atomic mass is 32.1. The molecule has 2 heterocycles. The van der Waals surface area contributed by atoms with Crippen LogP contribution in [0.15, 0.2) is 41.8 Å². The highest BCUT2D eigenvalue weighted by Crippen LogP contribution is 2.30. The predicted octanol–water partition coefficient (Wildman–Crippen LogP) is 4.62. The summed E-state index contributed by atoms with van der Waals surface area (Å²) in [7, 11) is 0. The van der Waals surface area contributed by atoms with Crippen molar-refractivity contribution in [1.29, 1.82) is 5.26 Å². The normalized spacial score (nSPS) is 10.3. The Hall–Kier alpha value is -2.49. The number of anilines is 1. The van der Waals surface area contributed by atoms with Gasteiger partial charge < -0.3 is 5.32 Å². The lowest BCUT2D eigenvalue weighted by Gasteiger charge is -2.02. The van der Waals surface area contributed by atoms with Gasteiger partial charge in [-0.3, -0.25) is 4.79 Å². The van der Waals surface area contributed by atoms with Crippen LogP contribution in [0.5, 0.6) is 0 Å². The van der Waals surface area contributed by atoms with E-state index in [1.165, 1.54) is 16.2 Å². The third-order valence-corrected chi connectivity index (χ3v) is 5.25. The molecule has 0 saturated heterocycles. The fourth-order valence-corrected chi connectivity index (χ4v) is 3.83. The Morgan fingerprint density at radius 2 is 2.04 bits per heavy atom. The lowest BCUT2D eigenvalue weighted by molar-refractivity contribution is -0.116. The van der Waals surface area contributed by atoms with Gasteiger partial charge in [-0.15, -0.1) is 22.7 Å². The van der Waals surface area contributed by atoms with Gasteiger partial charge in [0.25, 0.3) is 0 Å². The molecule has 6 heteroatoms. The van der Waals surface area contributed by atoms with Gasteiger partial charge >= 0.3 is 0 Å². The van der Waals surface area contributed by atoms with Crippen LogP contribution < -0.4 is 5.32 Å². The largest absolute Gasteiger partial charge is 0.302 e. The van der Waals surface area contributed by atoms with Crippen molar-refractivity contribution in [2.75, 3.05) is 5.32 Å². The Bertz CT molecular complexity index is 888. The summed E-state index contributed by atoms with van der Waals surface area (Å²) in [4.78, 5) is 18.9. The van der Waals surface area contributed by atoms with Gasteiger partial charge in [-0.25, -0.2) is 4.98 Å². The molecule has 0 radical (unpaired) electrons. The zero-order valence-electron chi connectivity index (χ0n) is 13.1. The maximum absolute atomic E-state index is 12.1. The second kappa shape index (κ2) is 7.39. The van der Waals surface area contributed by atoms with E-state index in [1.54, 1.807) is 23.5 Å². The minimum Gasteiger partial charge on any atom is -0.302 e. The molecule has 3 aromatic rings. The molecular weight excluding hydrogens is 338 g/mol. The van der Waals surface area contributed by atoms with E-state index in [9.17, 15) is 4.79 Å². The van der Waals surface area contributed by atoms with Gasteiger partial charge in [0.15, 0.2) is 5.13 Å². The van der Waals surface area contributed by atoms with Crippen molar-refractivity contribution in [3.8, 4) is 16.6 Å². The van der Waals surface area contributed by atoms with Crippen LogP contribution in [0.2, 0.25) is 0 Å². The number of rotatable bonds is 5. The van der Waals surface area contributed by atoms with E-state index in [0.29, 0.717) is 23.5 Å². The maximum atomic E-state index is 12.1. The highest BCUT2D eigenvalue weighted by molar-refractivity contribution is 7.17. The quantitative estimate of drug-likeness (QED) is 0.727. The van der Waals surface area contributed by atoms with Crippen LogP contribution in [0, 0.1) is 18.3 Å². The molecule has 0 aliphatic rings. The van der Waals surface area contributed by atoms with Crippen molar-refractivity contribution in [1.82, 2.24) is 4.98 Å². The summed E-state index contributed by atoms with van der Waals surface area (Å²) in [6.07, 6.45) is 1.03. The number of nitriles is 1. The first-order valence-electron chi connectivity index (χ1n) is 7.45. The molecule has 1 N–H and O–H groups in total. The molecule has 0 bridgehead atoms. The highest BCUT2D eigenvalue weighted by Gasteiger charge is 2.09. The van der Waals surface area contributed by atoms with Gasteiger partial charge in [0.05, 0.1) is 22.2 Å². The Morgan fingerprint density at radius 1 is 1.25 bits per heavy atom. The minimum absolute atomic E-state index is 0.0531. The Balaban J connectivity index is 1.55. The third kappa shape index (κ3) is 4.07. The van der Waals surface area contributed by atoms with Gasteiger partial charge in [0.2, 0.25) is 5.91 Å². The number of nitrogens with zero attached hydrogens (tertiary/aromatic N) is 2. The number of carbonyl (C=O) groups is 1. The van der Waals surface area contributed by atoms with E-state index in [-0.39, 0.29) is 5.91 Å². The second-order valence-corrected chi connectivity index (χ2v) is 7.45. The van der Waals surface area contributed by atoms with Gasteiger partial charge in [0.1, 0.15) is 0 Å².